The summed E-state index contributed by atoms with van der Waals surface area (Å²) < 4.78 is 3.75. The zero-order valence-corrected chi connectivity index (χ0v) is 15.1. The van der Waals surface area contributed by atoms with Crippen LogP contribution in [0.4, 0.5) is 0 Å². The highest BCUT2D eigenvalue weighted by Gasteiger charge is 2.27. The lowest BCUT2D eigenvalue weighted by molar-refractivity contribution is -0.132. The van der Waals surface area contributed by atoms with Gasteiger partial charge in [-0.05, 0) is 34.9 Å². The minimum absolute atomic E-state index is 0.139. The molecule has 0 bridgehead atoms. The lowest BCUT2D eigenvalue weighted by Gasteiger charge is -2.32. The molecule has 9 heteroatoms. The Morgan fingerprint density at radius 1 is 1.30 bits per heavy atom. The summed E-state index contributed by atoms with van der Waals surface area (Å²) in [7, 11) is 0. The van der Waals surface area contributed by atoms with Crippen LogP contribution in [0, 0.1) is 0 Å². The molecule has 4 heterocycles. The van der Waals surface area contributed by atoms with Crippen molar-refractivity contribution in [3.05, 3.63) is 54.6 Å². The average Bonchev–Trinajstić information content (AvgIpc) is 3.39. The monoisotopic (exact) mass is 366 g/mol. The molecule has 1 atom stereocenters. The molecule has 9 nitrogen and oxygen atoms in total. The van der Waals surface area contributed by atoms with Crippen LogP contribution in [0.5, 0.6) is 0 Å². The molecule has 0 spiro atoms. The number of carbonyl (C=O) groups is 1. The van der Waals surface area contributed by atoms with Gasteiger partial charge in [0.1, 0.15) is 12.2 Å². The first-order valence-corrected chi connectivity index (χ1v) is 9.18. The Morgan fingerprint density at radius 3 is 3.07 bits per heavy atom. The molecule has 0 N–H and O–H groups in total. The third-order valence-electron chi connectivity index (χ3n) is 4.91. The van der Waals surface area contributed by atoms with E-state index in [1.807, 2.05) is 29.6 Å². The second-order valence-electron chi connectivity index (χ2n) is 6.78. The normalized spacial score (nSPS) is 17.2. The number of imidazole rings is 1. The van der Waals surface area contributed by atoms with Crippen LogP contribution >= 0.6 is 0 Å². The fourth-order valence-corrected chi connectivity index (χ4v) is 3.57. The Balaban J connectivity index is 1.40. The Bertz CT molecular complexity index is 861. The van der Waals surface area contributed by atoms with Crippen molar-refractivity contribution in [1.29, 1.82) is 0 Å². The molecule has 0 saturated carbocycles. The van der Waals surface area contributed by atoms with Crippen molar-refractivity contribution in [2.75, 3.05) is 13.1 Å². The van der Waals surface area contributed by atoms with Gasteiger partial charge in [-0.25, -0.2) is 9.67 Å². The summed E-state index contributed by atoms with van der Waals surface area (Å²) in [4.78, 5) is 23.3. The van der Waals surface area contributed by atoms with Crippen LogP contribution in [0.2, 0.25) is 0 Å². The van der Waals surface area contributed by atoms with Crippen molar-refractivity contribution in [2.45, 2.75) is 38.3 Å². The molecule has 1 fully saturated rings. The molecule has 1 aliphatic rings. The second-order valence-corrected chi connectivity index (χ2v) is 6.78. The number of likely N-dealkylation sites (tertiary alicyclic amines) is 1. The number of rotatable bonds is 6. The van der Waals surface area contributed by atoms with Crippen molar-refractivity contribution in [3.63, 3.8) is 0 Å². The summed E-state index contributed by atoms with van der Waals surface area (Å²) >= 11 is 0. The molecule has 0 unspecified atom stereocenters. The van der Waals surface area contributed by atoms with Crippen molar-refractivity contribution < 1.29 is 4.79 Å². The molecule has 0 radical (unpaired) electrons. The predicted molar refractivity (Wildman–Crippen MR) is 96.6 cm³/mol. The molecule has 3 aromatic rings. The number of aryl methyl sites for hydroxylation is 1. The highest BCUT2D eigenvalue weighted by molar-refractivity contribution is 5.76. The predicted octanol–water partition coefficient (Wildman–Crippen LogP) is 1.11. The highest BCUT2D eigenvalue weighted by Crippen LogP contribution is 2.26. The number of amides is 1. The Hall–Kier alpha value is -3.10. The van der Waals surface area contributed by atoms with E-state index in [0.717, 1.165) is 37.3 Å². The largest absolute Gasteiger partial charge is 0.342 e. The van der Waals surface area contributed by atoms with Crippen molar-refractivity contribution in [3.8, 4) is 0 Å². The zero-order valence-electron chi connectivity index (χ0n) is 15.1. The van der Waals surface area contributed by atoms with Gasteiger partial charge in [-0.3, -0.25) is 9.78 Å². The first-order chi connectivity index (χ1) is 13.3. The van der Waals surface area contributed by atoms with E-state index >= 15 is 0 Å². The van der Waals surface area contributed by atoms with Gasteiger partial charge in [0.2, 0.25) is 5.91 Å². The van der Waals surface area contributed by atoms with Crippen molar-refractivity contribution >= 4 is 5.91 Å². The molecule has 4 rings (SSSR count). The average molecular weight is 366 g/mol. The summed E-state index contributed by atoms with van der Waals surface area (Å²) in [6, 6.07) is 4.00. The summed E-state index contributed by atoms with van der Waals surface area (Å²) in [5.41, 5.74) is 1.14. The maximum atomic E-state index is 12.6. The molecule has 0 aromatic carbocycles. The van der Waals surface area contributed by atoms with Gasteiger partial charge < -0.3 is 9.47 Å². The maximum absolute atomic E-state index is 12.6. The quantitative estimate of drug-likeness (QED) is 0.649. The van der Waals surface area contributed by atoms with Crippen LogP contribution in [0.1, 0.15) is 36.6 Å². The third-order valence-corrected chi connectivity index (χ3v) is 4.91. The van der Waals surface area contributed by atoms with Crippen LogP contribution in [0.3, 0.4) is 0 Å². The molecule has 27 heavy (non-hydrogen) atoms. The van der Waals surface area contributed by atoms with Gasteiger partial charge in [-0.2, -0.15) is 0 Å². The third kappa shape index (κ3) is 4.18. The summed E-state index contributed by atoms with van der Waals surface area (Å²) in [5.74, 6) is 1.43. The van der Waals surface area contributed by atoms with E-state index in [-0.39, 0.29) is 11.8 Å². The number of hydrogen-bond acceptors (Lipinski definition) is 6. The number of pyridine rings is 1. The lowest BCUT2D eigenvalue weighted by Crippen LogP contribution is -2.40. The topological polar surface area (TPSA) is 94.6 Å². The van der Waals surface area contributed by atoms with E-state index in [2.05, 4.69) is 36.1 Å². The smallest absolute Gasteiger partial charge is 0.224 e. The number of nitrogens with zero attached hydrogens (tertiary/aromatic N) is 8. The molecule has 0 aliphatic carbocycles. The van der Waals surface area contributed by atoms with E-state index in [1.54, 1.807) is 10.9 Å². The number of tetrazole rings is 1. The van der Waals surface area contributed by atoms with Crippen LogP contribution < -0.4 is 0 Å². The molecular formula is C18H22N8O. The first-order valence-electron chi connectivity index (χ1n) is 9.18. The lowest BCUT2D eigenvalue weighted by atomic mass is 9.96. The fraction of sp³-hybridized carbons (Fsp3) is 0.444. The van der Waals surface area contributed by atoms with E-state index in [9.17, 15) is 4.79 Å². The van der Waals surface area contributed by atoms with E-state index in [1.165, 1.54) is 6.33 Å². The van der Waals surface area contributed by atoms with Gasteiger partial charge in [0, 0.05) is 50.2 Å². The maximum Gasteiger partial charge on any atom is 0.224 e. The van der Waals surface area contributed by atoms with Crippen LogP contribution in [-0.4, -0.2) is 58.6 Å². The summed E-state index contributed by atoms with van der Waals surface area (Å²) in [6.45, 7) is 2.75. The summed E-state index contributed by atoms with van der Waals surface area (Å²) in [5, 5.41) is 11.0. The van der Waals surface area contributed by atoms with Gasteiger partial charge in [-0.15, -0.1) is 5.10 Å². The zero-order chi connectivity index (χ0) is 18.5. The second kappa shape index (κ2) is 8.07. The van der Waals surface area contributed by atoms with E-state index in [0.29, 0.717) is 19.5 Å². The summed E-state index contributed by atoms with van der Waals surface area (Å²) in [6.07, 6.45) is 11.5. The standard InChI is InChI=1S/C18H22N8O/c27-17(5-9-26-14-21-22-23-26)24-8-2-4-16(13-24)18-20-7-10-25(18)12-15-3-1-6-19-11-15/h1,3,6-7,10-11,14,16H,2,4-5,8-9,12-13H2/t16-/m0/s1. The Morgan fingerprint density at radius 2 is 2.26 bits per heavy atom. The molecule has 1 amide bonds. The Labute approximate surface area is 157 Å². The molecular weight excluding hydrogens is 344 g/mol. The molecule has 1 saturated heterocycles. The van der Waals surface area contributed by atoms with Crippen LogP contribution in [0.25, 0.3) is 0 Å². The number of piperidine rings is 1. The van der Waals surface area contributed by atoms with E-state index < -0.39 is 0 Å². The van der Waals surface area contributed by atoms with Crippen LogP contribution in [-0.2, 0) is 17.9 Å². The van der Waals surface area contributed by atoms with Gasteiger partial charge in [0.15, 0.2) is 0 Å². The highest BCUT2D eigenvalue weighted by atomic mass is 16.2. The van der Waals surface area contributed by atoms with Gasteiger partial charge in [0.25, 0.3) is 0 Å². The Kier molecular flexibility index (Phi) is 5.17. The SMILES string of the molecule is O=C(CCn1cnnn1)N1CCC[C@H](c2nccn2Cc2cccnc2)C1. The van der Waals surface area contributed by atoms with Crippen molar-refractivity contribution in [2.24, 2.45) is 0 Å². The number of hydrogen-bond donors (Lipinski definition) is 0. The number of carbonyl (C=O) groups excluding carboxylic acids is 1. The van der Waals surface area contributed by atoms with E-state index in [4.69, 9.17) is 0 Å². The van der Waals surface area contributed by atoms with Gasteiger partial charge in [0.05, 0.1) is 13.1 Å². The first kappa shape index (κ1) is 17.3. The van der Waals surface area contributed by atoms with Crippen molar-refractivity contribution in [1.82, 2.24) is 39.6 Å². The van der Waals surface area contributed by atoms with Gasteiger partial charge in [-0.1, -0.05) is 6.07 Å². The molecule has 3 aromatic heterocycles. The molecule has 1 aliphatic heterocycles. The molecule has 140 valence electrons. The fourth-order valence-electron chi connectivity index (χ4n) is 3.57. The minimum Gasteiger partial charge on any atom is -0.342 e. The van der Waals surface area contributed by atoms with Gasteiger partial charge >= 0.3 is 0 Å². The number of aromatic nitrogens is 7. The van der Waals surface area contributed by atoms with Crippen LogP contribution in [0.15, 0.2) is 43.2 Å². The minimum atomic E-state index is 0.139.